The lowest BCUT2D eigenvalue weighted by molar-refractivity contribution is 0.0744. The van der Waals surface area contributed by atoms with Gasteiger partial charge >= 0.3 is 0 Å². The maximum absolute atomic E-state index is 13.0. The summed E-state index contributed by atoms with van der Waals surface area (Å²) in [6.07, 6.45) is 2.72. The van der Waals surface area contributed by atoms with Crippen molar-refractivity contribution >= 4 is 29.9 Å². The molecule has 1 amide bonds. The lowest BCUT2D eigenvalue weighted by Crippen LogP contribution is -2.34. The SMILES string of the molecule is CC1CC(CN)CN1C(=O)c1cn(C)nc1-c1ccccc1Cl.Cl. The molecule has 0 radical (unpaired) electrons. The van der Waals surface area contributed by atoms with E-state index in [9.17, 15) is 4.79 Å². The van der Waals surface area contributed by atoms with Crippen LogP contribution < -0.4 is 5.73 Å². The zero-order chi connectivity index (χ0) is 16.6. The van der Waals surface area contributed by atoms with E-state index >= 15 is 0 Å². The largest absolute Gasteiger partial charge is 0.335 e. The van der Waals surface area contributed by atoms with Crippen molar-refractivity contribution in [3.8, 4) is 11.3 Å². The van der Waals surface area contributed by atoms with Gasteiger partial charge in [0.2, 0.25) is 0 Å². The second-order valence-electron chi connectivity index (χ2n) is 6.19. The van der Waals surface area contributed by atoms with E-state index in [1.807, 2.05) is 36.2 Å². The summed E-state index contributed by atoms with van der Waals surface area (Å²) in [5.41, 5.74) is 7.77. The van der Waals surface area contributed by atoms with Crippen LogP contribution in [0.5, 0.6) is 0 Å². The summed E-state index contributed by atoms with van der Waals surface area (Å²) >= 11 is 6.29. The molecule has 1 aliphatic heterocycles. The molecule has 3 rings (SSSR count). The molecule has 2 atom stereocenters. The third kappa shape index (κ3) is 3.43. The number of carbonyl (C=O) groups is 1. The number of carbonyl (C=O) groups excluding carboxylic acids is 1. The molecule has 0 aliphatic carbocycles. The minimum absolute atomic E-state index is 0. The van der Waals surface area contributed by atoms with Crippen molar-refractivity contribution in [3.63, 3.8) is 0 Å². The van der Waals surface area contributed by atoms with Gasteiger partial charge < -0.3 is 10.6 Å². The number of nitrogens with two attached hydrogens (primary N) is 1. The number of aromatic nitrogens is 2. The predicted octanol–water partition coefficient (Wildman–Crippen LogP) is 2.97. The van der Waals surface area contributed by atoms with Gasteiger partial charge in [0.05, 0.1) is 10.6 Å². The Bertz CT molecular complexity index is 731. The van der Waals surface area contributed by atoms with Crippen LogP contribution in [0.4, 0.5) is 0 Å². The maximum Gasteiger partial charge on any atom is 0.257 e. The van der Waals surface area contributed by atoms with Crippen LogP contribution in [0, 0.1) is 5.92 Å². The van der Waals surface area contributed by atoms with Crippen molar-refractivity contribution < 1.29 is 4.79 Å². The van der Waals surface area contributed by atoms with E-state index in [2.05, 4.69) is 12.0 Å². The van der Waals surface area contributed by atoms with E-state index in [4.69, 9.17) is 17.3 Å². The van der Waals surface area contributed by atoms with Gasteiger partial charge in [0.25, 0.3) is 5.91 Å². The highest BCUT2D eigenvalue weighted by molar-refractivity contribution is 6.33. The molecular formula is C17H22Cl2N4O. The Hall–Kier alpha value is -1.56. The Morgan fingerprint density at radius 2 is 2.12 bits per heavy atom. The molecule has 2 N–H and O–H groups in total. The van der Waals surface area contributed by atoms with Gasteiger partial charge in [-0.1, -0.05) is 29.8 Å². The average Bonchev–Trinajstić information content (AvgIpc) is 3.10. The summed E-state index contributed by atoms with van der Waals surface area (Å²) in [4.78, 5) is 14.9. The molecule has 24 heavy (non-hydrogen) atoms. The van der Waals surface area contributed by atoms with Crippen LogP contribution in [-0.2, 0) is 7.05 Å². The molecule has 1 fully saturated rings. The summed E-state index contributed by atoms with van der Waals surface area (Å²) in [7, 11) is 1.81. The Morgan fingerprint density at radius 3 is 2.75 bits per heavy atom. The first-order valence-corrected chi connectivity index (χ1v) is 8.18. The van der Waals surface area contributed by atoms with Crippen LogP contribution in [0.25, 0.3) is 11.3 Å². The summed E-state index contributed by atoms with van der Waals surface area (Å²) < 4.78 is 1.66. The zero-order valence-electron chi connectivity index (χ0n) is 13.8. The number of amides is 1. The lowest BCUT2D eigenvalue weighted by Gasteiger charge is -2.21. The van der Waals surface area contributed by atoms with Gasteiger partial charge in [0.15, 0.2) is 0 Å². The Labute approximate surface area is 153 Å². The fraction of sp³-hybridized carbons (Fsp3) is 0.412. The van der Waals surface area contributed by atoms with E-state index in [0.717, 1.165) is 12.0 Å². The van der Waals surface area contributed by atoms with Gasteiger partial charge in [-0.3, -0.25) is 9.48 Å². The number of rotatable bonds is 3. The lowest BCUT2D eigenvalue weighted by atomic mass is 10.1. The minimum Gasteiger partial charge on any atom is -0.335 e. The fourth-order valence-corrected chi connectivity index (χ4v) is 3.47. The Kier molecular flexibility index (Phi) is 5.91. The second-order valence-corrected chi connectivity index (χ2v) is 6.60. The molecule has 5 nitrogen and oxygen atoms in total. The van der Waals surface area contributed by atoms with Gasteiger partial charge in [-0.2, -0.15) is 5.10 Å². The van der Waals surface area contributed by atoms with Crippen LogP contribution in [0.3, 0.4) is 0 Å². The average molecular weight is 369 g/mol. The molecule has 0 bridgehead atoms. The monoisotopic (exact) mass is 368 g/mol. The van der Waals surface area contributed by atoms with Crippen molar-refractivity contribution in [2.75, 3.05) is 13.1 Å². The van der Waals surface area contributed by atoms with E-state index in [-0.39, 0.29) is 24.4 Å². The van der Waals surface area contributed by atoms with Gasteiger partial charge in [-0.25, -0.2) is 0 Å². The third-order valence-electron chi connectivity index (χ3n) is 4.44. The summed E-state index contributed by atoms with van der Waals surface area (Å²) in [5.74, 6) is 0.367. The number of nitrogens with zero attached hydrogens (tertiary/aromatic N) is 3. The number of hydrogen-bond donors (Lipinski definition) is 1. The first kappa shape index (κ1) is 18.8. The van der Waals surface area contributed by atoms with Crippen LogP contribution in [-0.4, -0.2) is 39.7 Å². The summed E-state index contributed by atoms with van der Waals surface area (Å²) in [6.45, 7) is 3.38. The molecule has 0 saturated carbocycles. The first-order valence-electron chi connectivity index (χ1n) is 7.80. The maximum atomic E-state index is 13.0. The number of benzene rings is 1. The quantitative estimate of drug-likeness (QED) is 0.905. The summed E-state index contributed by atoms with van der Waals surface area (Å²) in [6, 6.07) is 7.65. The molecule has 130 valence electrons. The van der Waals surface area contributed by atoms with E-state index in [0.29, 0.717) is 35.3 Å². The fourth-order valence-electron chi connectivity index (χ4n) is 3.25. The van der Waals surface area contributed by atoms with E-state index in [1.54, 1.807) is 10.9 Å². The van der Waals surface area contributed by atoms with Gasteiger partial charge in [0, 0.05) is 31.4 Å². The van der Waals surface area contributed by atoms with Crippen molar-refractivity contribution in [1.82, 2.24) is 14.7 Å². The van der Waals surface area contributed by atoms with Crippen LogP contribution in [0.15, 0.2) is 30.5 Å². The molecule has 1 aromatic carbocycles. The van der Waals surface area contributed by atoms with Gasteiger partial charge in [0.1, 0.15) is 5.69 Å². The van der Waals surface area contributed by atoms with Crippen molar-refractivity contribution in [1.29, 1.82) is 0 Å². The van der Waals surface area contributed by atoms with E-state index < -0.39 is 0 Å². The molecule has 2 aromatic rings. The van der Waals surface area contributed by atoms with Gasteiger partial charge in [-0.05, 0) is 31.9 Å². The molecule has 1 aliphatic rings. The Morgan fingerprint density at radius 1 is 1.42 bits per heavy atom. The highest BCUT2D eigenvalue weighted by Gasteiger charge is 2.34. The van der Waals surface area contributed by atoms with Crippen molar-refractivity contribution in [3.05, 3.63) is 41.0 Å². The topological polar surface area (TPSA) is 64.2 Å². The molecule has 1 saturated heterocycles. The minimum atomic E-state index is -0.00327. The zero-order valence-corrected chi connectivity index (χ0v) is 15.3. The smallest absolute Gasteiger partial charge is 0.257 e. The number of hydrogen-bond acceptors (Lipinski definition) is 3. The number of halogens is 2. The Balaban J connectivity index is 0.00000208. The normalized spacial score (nSPS) is 20.1. The molecule has 2 unspecified atom stereocenters. The van der Waals surface area contributed by atoms with Crippen LogP contribution in [0.2, 0.25) is 5.02 Å². The van der Waals surface area contributed by atoms with Crippen molar-refractivity contribution in [2.45, 2.75) is 19.4 Å². The molecule has 0 spiro atoms. The highest BCUT2D eigenvalue weighted by atomic mass is 35.5. The molecular weight excluding hydrogens is 347 g/mol. The van der Waals surface area contributed by atoms with Crippen LogP contribution in [0.1, 0.15) is 23.7 Å². The second kappa shape index (κ2) is 7.55. The van der Waals surface area contributed by atoms with Gasteiger partial charge in [-0.15, -0.1) is 12.4 Å². The molecule has 7 heteroatoms. The van der Waals surface area contributed by atoms with Crippen molar-refractivity contribution in [2.24, 2.45) is 18.7 Å². The van der Waals surface area contributed by atoms with Crippen LogP contribution >= 0.6 is 24.0 Å². The number of aryl methyl sites for hydroxylation is 1. The third-order valence-corrected chi connectivity index (χ3v) is 4.77. The van der Waals surface area contributed by atoms with E-state index in [1.165, 1.54) is 0 Å². The highest BCUT2D eigenvalue weighted by Crippen LogP contribution is 2.31. The molecule has 2 heterocycles. The first-order chi connectivity index (χ1) is 11.0. The standard InChI is InChI=1S/C17H21ClN4O.ClH/c1-11-7-12(8-19)9-22(11)17(23)14-10-21(2)20-16(14)13-5-3-4-6-15(13)18;/h3-6,10-12H,7-9,19H2,1-2H3;1H. The summed E-state index contributed by atoms with van der Waals surface area (Å²) in [5, 5.41) is 5.05. The molecule has 1 aromatic heterocycles. The number of likely N-dealkylation sites (tertiary alicyclic amines) is 1. The predicted molar refractivity (Wildman–Crippen MR) is 98.6 cm³/mol.